The van der Waals surface area contributed by atoms with Gasteiger partial charge in [-0.15, -0.1) is 0 Å². The van der Waals surface area contributed by atoms with E-state index < -0.39 is 0 Å². The van der Waals surface area contributed by atoms with Crippen LogP contribution < -0.4 is 10.2 Å². The highest BCUT2D eigenvalue weighted by molar-refractivity contribution is 9.10. The van der Waals surface area contributed by atoms with Crippen LogP contribution in [0.5, 0.6) is 0 Å². The Labute approximate surface area is 156 Å². The fraction of sp³-hybridized carbons (Fsp3) is 0.200. The van der Waals surface area contributed by atoms with Crippen LogP contribution in [0.3, 0.4) is 0 Å². The molecule has 0 aliphatic carbocycles. The number of anilines is 3. The minimum absolute atomic E-state index is 0.769. The molecule has 1 aliphatic heterocycles. The molecular formula is C20H19BrN4. The Hall–Kier alpha value is -2.40. The molecule has 0 unspecified atom stereocenters. The van der Waals surface area contributed by atoms with Gasteiger partial charge in [0.05, 0.1) is 0 Å². The fourth-order valence-corrected chi connectivity index (χ4v) is 3.43. The molecule has 0 radical (unpaired) electrons. The molecular weight excluding hydrogens is 376 g/mol. The zero-order chi connectivity index (χ0) is 17.2. The van der Waals surface area contributed by atoms with Crippen LogP contribution in [-0.2, 0) is 13.0 Å². The van der Waals surface area contributed by atoms with E-state index in [9.17, 15) is 0 Å². The Morgan fingerprint density at radius 2 is 1.92 bits per heavy atom. The SMILES string of the molecule is Cc1ccc(Nc2ccnc(N3CCc4ccccc4C3)n2)cc1Br. The number of fused-ring (bicyclic) bond motifs is 1. The van der Waals surface area contributed by atoms with Crippen molar-refractivity contribution >= 4 is 33.4 Å². The van der Waals surface area contributed by atoms with Gasteiger partial charge in [0, 0.05) is 29.4 Å². The lowest BCUT2D eigenvalue weighted by Gasteiger charge is -2.28. The Bertz CT molecular complexity index is 910. The number of hydrogen-bond donors (Lipinski definition) is 1. The highest BCUT2D eigenvalue weighted by Gasteiger charge is 2.18. The van der Waals surface area contributed by atoms with Gasteiger partial charge in [0.25, 0.3) is 0 Å². The largest absolute Gasteiger partial charge is 0.340 e. The van der Waals surface area contributed by atoms with Gasteiger partial charge in [0.2, 0.25) is 5.95 Å². The van der Waals surface area contributed by atoms with Crippen molar-refractivity contribution in [2.24, 2.45) is 0 Å². The first-order valence-corrected chi connectivity index (χ1v) is 9.16. The molecule has 0 amide bonds. The number of halogens is 1. The number of aryl methyl sites for hydroxylation is 1. The number of rotatable bonds is 3. The van der Waals surface area contributed by atoms with E-state index in [1.165, 1.54) is 16.7 Å². The topological polar surface area (TPSA) is 41.1 Å². The van der Waals surface area contributed by atoms with Crippen molar-refractivity contribution in [2.45, 2.75) is 19.9 Å². The quantitative estimate of drug-likeness (QED) is 0.688. The predicted molar refractivity (Wildman–Crippen MR) is 105 cm³/mol. The van der Waals surface area contributed by atoms with Crippen LogP contribution in [0.2, 0.25) is 0 Å². The van der Waals surface area contributed by atoms with Crippen molar-refractivity contribution in [1.82, 2.24) is 9.97 Å². The molecule has 4 nitrogen and oxygen atoms in total. The summed E-state index contributed by atoms with van der Waals surface area (Å²) in [5.41, 5.74) is 5.00. The molecule has 0 saturated carbocycles. The summed E-state index contributed by atoms with van der Waals surface area (Å²) in [4.78, 5) is 11.4. The number of benzene rings is 2. The van der Waals surface area contributed by atoms with E-state index in [1.807, 2.05) is 12.3 Å². The average molecular weight is 395 g/mol. The highest BCUT2D eigenvalue weighted by atomic mass is 79.9. The van der Waals surface area contributed by atoms with Crippen molar-refractivity contribution in [3.8, 4) is 0 Å². The van der Waals surface area contributed by atoms with Crippen molar-refractivity contribution in [3.05, 3.63) is 75.9 Å². The maximum absolute atomic E-state index is 4.71. The van der Waals surface area contributed by atoms with Crippen molar-refractivity contribution in [3.63, 3.8) is 0 Å². The number of hydrogen-bond acceptors (Lipinski definition) is 4. The average Bonchev–Trinajstić information content (AvgIpc) is 2.65. The maximum atomic E-state index is 4.71. The highest BCUT2D eigenvalue weighted by Crippen LogP contribution is 2.25. The lowest BCUT2D eigenvalue weighted by molar-refractivity contribution is 0.708. The molecule has 25 heavy (non-hydrogen) atoms. The van der Waals surface area contributed by atoms with Crippen molar-refractivity contribution < 1.29 is 0 Å². The Kier molecular flexibility index (Phi) is 4.40. The molecule has 126 valence electrons. The van der Waals surface area contributed by atoms with Gasteiger partial charge in [-0.1, -0.05) is 46.3 Å². The van der Waals surface area contributed by atoms with Gasteiger partial charge in [-0.05, 0) is 48.2 Å². The van der Waals surface area contributed by atoms with Gasteiger partial charge >= 0.3 is 0 Å². The van der Waals surface area contributed by atoms with E-state index in [2.05, 4.69) is 80.5 Å². The van der Waals surface area contributed by atoms with Gasteiger partial charge in [-0.25, -0.2) is 4.98 Å². The van der Waals surface area contributed by atoms with Gasteiger partial charge in [0.1, 0.15) is 5.82 Å². The van der Waals surface area contributed by atoms with Crippen molar-refractivity contribution in [2.75, 3.05) is 16.8 Å². The van der Waals surface area contributed by atoms with Crippen LogP contribution in [0.15, 0.2) is 59.2 Å². The monoisotopic (exact) mass is 394 g/mol. The van der Waals surface area contributed by atoms with Crippen LogP contribution in [0, 0.1) is 6.92 Å². The molecule has 2 heterocycles. The second-order valence-corrected chi connectivity index (χ2v) is 7.13. The van der Waals surface area contributed by atoms with E-state index in [4.69, 9.17) is 4.98 Å². The number of nitrogens with zero attached hydrogens (tertiary/aromatic N) is 3. The van der Waals surface area contributed by atoms with Gasteiger partial charge < -0.3 is 10.2 Å². The smallest absolute Gasteiger partial charge is 0.227 e. The van der Waals surface area contributed by atoms with Crippen LogP contribution >= 0.6 is 15.9 Å². The molecule has 1 aliphatic rings. The molecule has 0 bridgehead atoms. The first kappa shape index (κ1) is 16.1. The predicted octanol–water partition coefficient (Wildman–Crippen LogP) is 4.85. The molecule has 0 fully saturated rings. The third kappa shape index (κ3) is 3.51. The summed E-state index contributed by atoms with van der Waals surface area (Å²) >= 11 is 3.57. The van der Waals surface area contributed by atoms with E-state index in [0.717, 1.165) is 41.4 Å². The Morgan fingerprint density at radius 1 is 1.08 bits per heavy atom. The molecule has 3 aromatic rings. The van der Waals surface area contributed by atoms with Crippen LogP contribution in [-0.4, -0.2) is 16.5 Å². The molecule has 0 atom stereocenters. The van der Waals surface area contributed by atoms with Gasteiger partial charge in [0.15, 0.2) is 0 Å². The zero-order valence-corrected chi connectivity index (χ0v) is 15.6. The third-order valence-electron chi connectivity index (χ3n) is 4.50. The molecule has 0 saturated heterocycles. The minimum atomic E-state index is 0.769. The number of aromatic nitrogens is 2. The number of nitrogens with one attached hydrogen (secondary N) is 1. The normalized spacial score (nSPS) is 13.4. The van der Waals surface area contributed by atoms with Crippen LogP contribution in [0.4, 0.5) is 17.5 Å². The first-order valence-electron chi connectivity index (χ1n) is 8.37. The summed E-state index contributed by atoms with van der Waals surface area (Å²) in [6, 6.07) is 16.7. The molecule has 5 heteroatoms. The molecule has 2 aromatic carbocycles. The first-order chi connectivity index (χ1) is 12.2. The van der Waals surface area contributed by atoms with E-state index in [0.29, 0.717) is 0 Å². The van der Waals surface area contributed by atoms with E-state index >= 15 is 0 Å². The molecule has 0 spiro atoms. The van der Waals surface area contributed by atoms with Crippen LogP contribution in [0.1, 0.15) is 16.7 Å². The third-order valence-corrected chi connectivity index (χ3v) is 5.35. The summed E-state index contributed by atoms with van der Waals surface area (Å²) in [5.74, 6) is 1.57. The molecule has 4 rings (SSSR count). The molecule has 1 aromatic heterocycles. The second-order valence-electron chi connectivity index (χ2n) is 6.27. The second kappa shape index (κ2) is 6.84. The minimum Gasteiger partial charge on any atom is -0.340 e. The van der Waals surface area contributed by atoms with E-state index in [-0.39, 0.29) is 0 Å². The zero-order valence-electron chi connectivity index (χ0n) is 14.0. The van der Waals surface area contributed by atoms with Crippen LogP contribution in [0.25, 0.3) is 0 Å². The van der Waals surface area contributed by atoms with E-state index in [1.54, 1.807) is 0 Å². The van der Waals surface area contributed by atoms with Gasteiger partial charge in [-0.3, -0.25) is 0 Å². The Balaban J connectivity index is 1.55. The molecule has 1 N–H and O–H groups in total. The Morgan fingerprint density at radius 3 is 2.76 bits per heavy atom. The fourth-order valence-electron chi connectivity index (χ4n) is 3.06. The summed E-state index contributed by atoms with van der Waals surface area (Å²) in [5, 5.41) is 3.36. The van der Waals surface area contributed by atoms with Gasteiger partial charge in [-0.2, -0.15) is 4.98 Å². The summed E-state index contributed by atoms with van der Waals surface area (Å²) in [6.07, 6.45) is 2.84. The summed E-state index contributed by atoms with van der Waals surface area (Å²) < 4.78 is 1.08. The standard InChI is InChI=1S/C20H19BrN4/c1-14-6-7-17(12-18(14)21)23-19-8-10-22-20(24-19)25-11-9-15-4-2-3-5-16(15)13-25/h2-8,10,12H,9,11,13H2,1H3,(H,22,23,24). The van der Waals surface area contributed by atoms with Crippen molar-refractivity contribution in [1.29, 1.82) is 0 Å². The summed E-state index contributed by atoms with van der Waals surface area (Å²) in [7, 11) is 0. The lowest BCUT2D eigenvalue weighted by Crippen LogP contribution is -2.31. The lowest BCUT2D eigenvalue weighted by atomic mass is 10.0. The summed E-state index contributed by atoms with van der Waals surface area (Å²) in [6.45, 7) is 3.87. The maximum Gasteiger partial charge on any atom is 0.227 e.